The molecule has 3 aromatic rings. The number of nitrogens with zero attached hydrogens (tertiary/aromatic N) is 2. The lowest BCUT2D eigenvalue weighted by atomic mass is 10.2. The Morgan fingerprint density at radius 2 is 1.96 bits per heavy atom. The van der Waals surface area contributed by atoms with Crippen molar-refractivity contribution in [1.29, 1.82) is 0 Å². The lowest BCUT2D eigenvalue weighted by Gasteiger charge is -2.04. The third-order valence-electron chi connectivity index (χ3n) is 3.36. The number of thiazole rings is 1. The van der Waals surface area contributed by atoms with Crippen LogP contribution in [-0.2, 0) is 16.6 Å². The zero-order valence-corrected chi connectivity index (χ0v) is 14.6. The maximum Gasteiger partial charge on any atom is 0.246 e. The maximum atomic E-state index is 12.4. The zero-order chi connectivity index (χ0) is 17.3. The van der Waals surface area contributed by atoms with Crippen molar-refractivity contribution in [1.82, 2.24) is 14.9 Å². The Morgan fingerprint density at radius 1 is 1.25 bits per heavy atom. The highest BCUT2D eigenvalue weighted by Gasteiger charge is 2.24. The van der Waals surface area contributed by atoms with Crippen LogP contribution < -0.4 is 4.72 Å². The third kappa shape index (κ3) is 3.32. The van der Waals surface area contributed by atoms with Crippen LogP contribution in [0, 0.1) is 13.8 Å². The molecule has 126 valence electrons. The molecule has 24 heavy (non-hydrogen) atoms. The summed E-state index contributed by atoms with van der Waals surface area (Å²) in [5.74, 6) is 0.436. The average Bonchev–Trinajstić information content (AvgIpc) is 3.13. The maximum absolute atomic E-state index is 12.4. The van der Waals surface area contributed by atoms with E-state index in [1.54, 1.807) is 38.1 Å². The topological polar surface area (TPSA) is 105 Å². The number of sulfonamides is 1. The highest BCUT2D eigenvalue weighted by Crippen LogP contribution is 2.24. The van der Waals surface area contributed by atoms with Gasteiger partial charge in [0.25, 0.3) is 0 Å². The second-order valence-corrected chi connectivity index (χ2v) is 7.80. The Bertz CT molecular complexity index is 940. The molecular weight excluding hydrogens is 350 g/mol. The Labute approximate surface area is 143 Å². The molecule has 0 unspecified atom stereocenters. The number of benzene rings is 1. The van der Waals surface area contributed by atoms with Crippen molar-refractivity contribution in [2.75, 3.05) is 0 Å². The number of rotatable bonds is 5. The first-order valence-corrected chi connectivity index (χ1v) is 9.39. The number of nitrogens with one attached hydrogen (secondary N) is 1. The fraction of sp³-hybridized carbons (Fsp3) is 0.200. The van der Waals surface area contributed by atoms with Gasteiger partial charge < -0.3 is 9.63 Å². The number of phenols is 1. The molecule has 3 rings (SSSR count). The minimum absolute atomic E-state index is 0.0674. The van der Waals surface area contributed by atoms with Crippen molar-refractivity contribution >= 4 is 21.4 Å². The smallest absolute Gasteiger partial charge is 0.246 e. The highest BCUT2D eigenvalue weighted by atomic mass is 32.2. The van der Waals surface area contributed by atoms with Crippen molar-refractivity contribution in [3.63, 3.8) is 0 Å². The van der Waals surface area contributed by atoms with E-state index in [2.05, 4.69) is 14.9 Å². The Balaban J connectivity index is 1.75. The number of aromatic nitrogens is 2. The summed E-state index contributed by atoms with van der Waals surface area (Å²) >= 11 is 1.36. The summed E-state index contributed by atoms with van der Waals surface area (Å²) < 4.78 is 32.1. The van der Waals surface area contributed by atoms with Gasteiger partial charge in [0.05, 0.1) is 12.2 Å². The van der Waals surface area contributed by atoms with Gasteiger partial charge in [0.2, 0.25) is 10.0 Å². The van der Waals surface area contributed by atoms with Crippen LogP contribution in [0.15, 0.2) is 39.1 Å². The van der Waals surface area contributed by atoms with E-state index in [-0.39, 0.29) is 22.9 Å². The van der Waals surface area contributed by atoms with E-state index in [1.807, 2.05) is 5.38 Å². The van der Waals surface area contributed by atoms with Crippen molar-refractivity contribution in [2.24, 2.45) is 0 Å². The lowest BCUT2D eigenvalue weighted by molar-refractivity contribution is 0.390. The monoisotopic (exact) mass is 365 g/mol. The molecule has 0 radical (unpaired) electrons. The number of aromatic hydroxyl groups is 1. The highest BCUT2D eigenvalue weighted by molar-refractivity contribution is 7.89. The summed E-state index contributed by atoms with van der Waals surface area (Å²) in [5.41, 5.74) is 1.90. The lowest BCUT2D eigenvalue weighted by Crippen LogP contribution is -2.24. The van der Waals surface area contributed by atoms with Crippen LogP contribution in [0.2, 0.25) is 0 Å². The SMILES string of the molecule is Cc1noc(C)c1S(=O)(=O)NCc1nc(-c2ccc(O)cc2)cs1. The number of hydrogen-bond donors (Lipinski definition) is 2. The van der Waals surface area contributed by atoms with Crippen LogP contribution in [-0.4, -0.2) is 23.7 Å². The Hall–Kier alpha value is -2.23. The van der Waals surface area contributed by atoms with Crippen molar-refractivity contribution in [3.8, 4) is 17.0 Å². The average molecular weight is 365 g/mol. The number of phenolic OH excluding ortho intramolecular Hbond substituents is 1. The van der Waals surface area contributed by atoms with Crippen LogP contribution in [0.5, 0.6) is 5.75 Å². The second kappa shape index (κ2) is 6.34. The molecule has 0 atom stereocenters. The summed E-state index contributed by atoms with van der Waals surface area (Å²) in [7, 11) is -3.71. The molecule has 0 aliphatic rings. The Kier molecular flexibility index (Phi) is 4.39. The van der Waals surface area contributed by atoms with Gasteiger partial charge in [-0.25, -0.2) is 18.1 Å². The molecule has 2 aromatic heterocycles. The molecular formula is C15H15N3O4S2. The van der Waals surface area contributed by atoms with Crippen molar-refractivity contribution < 1.29 is 18.0 Å². The fourth-order valence-electron chi connectivity index (χ4n) is 2.24. The molecule has 2 N–H and O–H groups in total. The van der Waals surface area contributed by atoms with E-state index in [1.165, 1.54) is 11.3 Å². The molecule has 0 fully saturated rings. The van der Waals surface area contributed by atoms with E-state index < -0.39 is 10.0 Å². The number of aryl methyl sites for hydroxylation is 2. The molecule has 7 nitrogen and oxygen atoms in total. The van der Waals surface area contributed by atoms with Crippen LogP contribution in [0.25, 0.3) is 11.3 Å². The molecule has 0 bridgehead atoms. The molecule has 9 heteroatoms. The van der Waals surface area contributed by atoms with E-state index in [9.17, 15) is 13.5 Å². The van der Waals surface area contributed by atoms with E-state index in [0.717, 1.165) is 11.3 Å². The molecule has 0 saturated heterocycles. The summed E-state index contributed by atoms with van der Waals surface area (Å²) in [6, 6.07) is 6.66. The third-order valence-corrected chi connectivity index (χ3v) is 5.86. The summed E-state index contributed by atoms with van der Waals surface area (Å²) in [6.07, 6.45) is 0. The predicted octanol–water partition coefficient (Wildman–Crippen LogP) is 2.60. The first-order valence-electron chi connectivity index (χ1n) is 7.03. The van der Waals surface area contributed by atoms with Gasteiger partial charge in [-0.05, 0) is 38.1 Å². The van der Waals surface area contributed by atoms with Gasteiger partial charge in [0, 0.05) is 10.9 Å². The van der Waals surface area contributed by atoms with E-state index >= 15 is 0 Å². The first kappa shape index (κ1) is 16.6. The molecule has 0 saturated carbocycles. The fourth-order valence-corrected chi connectivity index (χ4v) is 4.39. The van der Waals surface area contributed by atoms with E-state index in [4.69, 9.17) is 4.52 Å². The van der Waals surface area contributed by atoms with Crippen LogP contribution in [0.1, 0.15) is 16.5 Å². The van der Waals surface area contributed by atoms with Gasteiger partial charge in [-0.1, -0.05) is 5.16 Å². The molecule has 2 heterocycles. The van der Waals surface area contributed by atoms with Crippen molar-refractivity contribution in [2.45, 2.75) is 25.3 Å². The van der Waals surface area contributed by atoms with Crippen LogP contribution in [0.4, 0.5) is 0 Å². The van der Waals surface area contributed by atoms with Crippen LogP contribution in [0.3, 0.4) is 0 Å². The molecule has 0 aliphatic carbocycles. The standard InChI is InChI=1S/C15H15N3O4S2/c1-9-15(10(2)22-18-9)24(20,21)16-7-14-17-13(8-23-14)11-3-5-12(19)6-4-11/h3-6,8,16,19H,7H2,1-2H3. The second-order valence-electron chi connectivity index (χ2n) is 5.15. The first-order chi connectivity index (χ1) is 11.4. The largest absolute Gasteiger partial charge is 0.508 e. The molecule has 0 spiro atoms. The van der Waals surface area contributed by atoms with Crippen LogP contribution >= 0.6 is 11.3 Å². The number of hydrogen-bond acceptors (Lipinski definition) is 7. The zero-order valence-electron chi connectivity index (χ0n) is 13.0. The van der Waals surface area contributed by atoms with Gasteiger partial charge in [-0.3, -0.25) is 0 Å². The van der Waals surface area contributed by atoms with Gasteiger partial charge in [-0.2, -0.15) is 0 Å². The van der Waals surface area contributed by atoms with E-state index in [0.29, 0.717) is 10.7 Å². The molecule has 0 aliphatic heterocycles. The van der Waals surface area contributed by atoms with Gasteiger partial charge in [0.1, 0.15) is 21.3 Å². The predicted molar refractivity (Wildman–Crippen MR) is 89.2 cm³/mol. The normalized spacial score (nSPS) is 11.8. The Morgan fingerprint density at radius 3 is 2.58 bits per heavy atom. The quantitative estimate of drug-likeness (QED) is 0.720. The summed E-state index contributed by atoms with van der Waals surface area (Å²) in [6.45, 7) is 3.22. The minimum atomic E-state index is -3.71. The summed E-state index contributed by atoms with van der Waals surface area (Å²) in [4.78, 5) is 4.48. The van der Waals surface area contributed by atoms with Gasteiger partial charge in [-0.15, -0.1) is 11.3 Å². The summed E-state index contributed by atoms with van der Waals surface area (Å²) in [5, 5.41) is 15.4. The molecule has 1 aromatic carbocycles. The van der Waals surface area contributed by atoms with Gasteiger partial charge >= 0.3 is 0 Å². The van der Waals surface area contributed by atoms with Crippen molar-refractivity contribution in [3.05, 3.63) is 46.1 Å². The molecule has 0 amide bonds. The van der Waals surface area contributed by atoms with Gasteiger partial charge in [0.15, 0.2) is 5.76 Å². The minimum Gasteiger partial charge on any atom is -0.508 e.